The second-order valence-electron chi connectivity index (χ2n) is 5.40. The van der Waals surface area contributed by atoms with Crippen LogP contribution in [0.1, 0.15) is 42.1 Å². The summed E-state index contributed by atoms with van der Waals surface area (Å²) in [4.78, 5) is 4.80. The molecule has 0 bridgehead atoms. The van der Waals surface area contributed by atoms with E-state index in [0.29, 0.717) is 5.92 Å². The van der Waals surface area contributed by atoms with Crippen LogP contribution in [0.5, 0.6) is 0 Å². The first-order chi connectivity index (χ1) is 8.93. The van der Waals surface area contributed by atoms with Crippen LogP contribution in [0.25, 0.3) is 5.65 Å². The van der Waals surface area contributed by atoms with E-state index < -0.39 is 0 Å². The van der Waals surface area contributed by atoms with Gasteiger partial charge in [-0.2, -0.15) is 5.10 Å². The maximum Gasteiger partial charge on any atom is 0.155 e. The molecule has 1 fully saturated rings. The van der Waals surface area contributed by atoms with Gasteiger partial charge in [0.2, 0.25) is 0 Å². The molecular weight excluding hydrogens is 224 g/mol. The lowest BCUT2D eigenvalue weighted by molar-refractivity contribution is 0.400. The smallest absolute Gasteiger partial charge is 0.155 e. The van der Waals surface area contributed by atoms with E-state index in [1.165, 1.54) is 36.2 Å². The molecule has 1 aliphatic carbocycles. The summed E-state index contributed by atoms with van der Waals surface area (Å²) in [5.74, 6) is 0.710. The number of aromatic nitrogens is 3. The minimum absolute atomic E-state index is 0.710. The van der Waals surface area contributed by atoms with Crippen LogP contribution in [-0.4, -0.2) is 27.7 Å². The van der Waals surface area contributed by atoms with E-state index in [1.807, 2.05) is 12.3 Å². The average molecular weight is 242 g/mol. The molecule has 1 aliphatic heterocycles. The third-order valence-corrected chi connectivity index (χ3v) is 4.34. The highest BCUT2D eigenvalue weighted by atomic mass is 15.3. The zero-order valence-electron chi connectivity index (χ0n) is 10.5. The van der Waals surface area contributed by atoms with Gasteiger partial charge in [0, 0.05) is 30.6 Å². The molecule has 4 heteroatoms. The van der Waals surface area contributed by atoms with Crippen molar-refractivity contribution in [2.75, 3.05) is 13.1 Å². The van der Waals surface area contributed by atoms with Crippen LogP contribution in [0.2, 0.25) is 0 Å². The second kappa shape index (κ2) is 4.05. The Labute approximate surface area is 106 Å². The number of hydrogen-bond acceptors (Lipinski definition) is 3. The van der Waals surface area contributed by atoms with Crippen molar-refractivity contribution < 1.29 is 0 Å². The molecule has 1 saturated carbocycles. The van der Waals surface area contributed by atoms with Crippen molar-refractivity contribution in [3.8, 4) is 0 Å². The monoisotopic (exact) mass is 242 g/mol. The van der Waals surface area contributed by atoms with Crippen molar-refractivity contribution >= 4 is 5.65 Å². The third kappa shape index (κ3) is 1.48. The summed E-state index contributed by atoms with van der Waals surface area (Å²) in [5, 5.41) is 7.97. The molecule has 2 aromatic heterocycles. The first kappa shape index (κ1) is 10.5. The summed E-state index contributed by atoms with van der Waals surface area (Å²) in [6.07, 6.45) is 8.03. The van der Waals surface area contributed by atoms with Gasteiger partial charge in [-0.05, 0) is 31.4 Å². The summed E-state index contributed by atoms with van der Waals surface area (Å²) >= 11 is 0. The minimum Gasteiger partial charge on any atom is -0.316 e. The van der Waals surface area contributed by atoms with E-state index in [-0.39, 0.29) is 0 Å². The van der Waals surface area contributed by atoms with Gasteiger partial charge in [0.25, 0.3) is 0 Å². The lowest BCUT2D eigenvalue weighted by Gasteiger charge is -2.28. The predicted octanol–water partition coefficient (Wildman–Crippen LogP) is 1.68. The van der Waals surface area contributed by atoms with Gasteiger partial charge in [0.05, 0.1) is 11.9 Å². The van der Waals surface area contributed by atoms with Crippen molar-refractivity contribution in [2.45, 2.75) is 38.0 Å². The Morgan fingerprint density at radius 3 is 2.94 bits per heavy atom. The molecule has 2 aromatic rings. The number of hydrogen-bond donors (Lipinski definition) is 1. The zero-order valence-corrected chi connectivity index (χ0v) is 10.5. The molecule has 4 rings (SSSR count). The van der Waals surface area contributed by atoms with Crippen LogP contribution >= 0.6 is 0 Å². The van der Waals surface area contributed by atoms with Crippen LogP contribution < -0.4 is 5.32 Å². The minimum atomic E-state index is 0.710. The SMILES string of the molecule is c1cc2nc3c(c(C4CCC4)n2n1)CCNCC3. The van der Waals surface area contributed by atoms with Crippen LogP contribution in [-0.2, 0) is 12.8 Å². The lowest BCUT2D eigenvalue weighted by Crippen LogP contribution is -2.19. The van der Waals surface area contributed by atoms with Crippen molar-refractivity contribution in [2.24, 2.45) is 0 Å². The fourth-order valence-corrected chi connectivity index (χ4v) is 3.17. The highest BCUT2D eigenvalue weighted by Gasteiger charge is 2.28. The van der Waals surface area contributed by atoms with Gasteiger partial charge in [-0.3, -0.25) is 0 Å². The molecule has 18 heavy (non-hydrogen) atoms. The Hall–Kier alpha value is -1.42. The molecule has 0 spiro atoms. The third-order valence-electron chi connectivity index (χ3n) is 4.34. The normalized spacial score (nSPS) is 20.4. The fourth-order valence-electron chi connectivity index (χ4n) is 3.17. The fraction of sp³-hybridized carbons (Fsp3) is 0.571. The summed E-state index contributed by atoms with van der Waals surface area (Å²) in [5.41, 5.74) is 5.25. The Morgan fingerprint density at radius 1 is 1.22 bits per heavy atom. The lowest BCUT2D eigenvalue weighted by atomic mass is 9.80. The highest BCUT2D eigenvalue weighted by Crippen LogP contribution is 2.39. The van der Waals surface area contributed by atoms with Gasteiger partial charge < -0.3 is 5.32 Å². The number of nitrogens with zero attached hydrogens (tertiary/aromatic N) is 3. The molecule has 0 saturated heterocycles. The number of nitrogens with one attached hydrogen (secondary N) is 1. The molecule has 94 valence electrons. The summed E-state index contributed by atoms with van der Waals surface area (Å²) in [6.45, 7) is 2.12. The van der Waals surface area contributed by atoms with E-state index in [9.17, 15) is 0 Å². The standard InChI is InChI=1S/C14H18N4/c1-2-10(3-1)14-11-4-7-15-8-5-12(11)17-13-6-9-16-18(13)14/h6,9-10,15H,1-5,7-8H2. The maximum atomic E-state index is 4.80. The molecule has 0 radical (unpaired) electrons. The quantitative estimate of drug-likeness (QED) is 0.827. The van der Waals surface area contributed by atoms with Gasteiger partial charge in [0.15, 0.2) is 5.65 Å². The largest absolute Gasteiger partial charge is 0.316 e. The Kier molecular flexibility index (Phi) is 2.36. The van der Waals surface area contributed by atoms with E-state index in [2.05, 4.69) is 14.9 Å². The van der Waals surface area contributed by atoms with E-state index in [1.54, 1.807) is 0 Å². The first-order valence-electron chi connectivity index (χ1n) is 6.99. The summed E-state index contributed by atoms with van der Waals surface area (Å²) in [7, 11) is 0. The molecule has 0 atom stereocenters. The molecule has 0 unspecified atom stereocenters. The van der Waals surface area contributed by atoms with Crippen LogP contribution in [0.3, 0.4) is 0 Å². The van der Waals surface area contributed by atoms with Crippen LogP contribution in [0.4, 0.5) is 0 Å². The van der Waals surface area contributed by atoms with E-state index in [4.69, 9.17) is 4.98 Å². The Bertz CT molecular complexity index is 583. The van der Waals surface area contributed by atoms with Gasteiger partial charge in [0.1, 0.15) is 0 Å². The van der Waals surface area contributed by atoms with Gasteiger partial charge in [-0.15, -0.1) is 0 Å². The zero-order chi connectivity index (χ0) is 11.9. The molecule has 0 aromatic carbocycles. The van der Waals surface area contributed by atoms with Gasteiger partial charge in [-0.1, -0.05) is 6.42 Å². The van der Waals surface area contributed by atoms with Crippen molar-refractivity contribution in [3.05, 3.63) is 29.2 Å². The van der Waals surface area contributed by atoms with E-state index in [0.717, 1.165) is 31.6 Å². The second-order valence-corrected chi connectivity index (χ2v) is 5.40. The van der Waals surface area contributed by atoms with Crippen LogP contribution in [0.15, 0.2) is 12.3 Å². The molecule has 3 heterocycles. The van der Waals surface area contributed by atoms with Crippen molar-refractivity contribution in [3.63, 3.8) is 0 Å². The Morgan fingerprint density at radius 2 is 2.11 bits per heavy atom. The summed E-state index contributed by atoms with van der Waals surface area (Å²) in [6, 6.07) is 2.03. The van der Waals surface area contributed by atoms with E-state index >= 15 is 0 Å². The molecule has 0 amide bonds. The van der Waals surface area contributed by atoms with Gasteiger partial charge in [-0.25, -0.2) is 9.50 Å². The average Bonchev–Trinajstić information content (AvgIpc) is 2.64. The van der Waals surface area contributed by atoms with Gasteiger partial charge >= 0.3 is 0 Å². The summed E-state index contributed by atoms with van der Waals surface area (Å²) < 4.78 is 2.09. The number of rotatable bonds is 1. The topological polar surface area (TPSA) is 42.2 Å². The highest BCUT2D eigenvalue weighted by molar-refractivity contribution is 5.45. The van der Waals surface area contributed by atoms with Crippen molar-refractivity contribution in [1.29, 1.82) is 0 Å². The molecule has 4 nitrogen and oxygen atoms in total. The Balaban J connectivity index is 1.97. The predicted molar refractivity (Wildman–Crippen MR) is 69.9 cm³/mol. The molecule has 2 aliphatic rings. The molecule has 1 N–H and O–H groups in total. The molecular formula is C14H18N4. The van der Waals surface area contributed by atoms with Crippen LogP contribution in [0, 0.1) is 0 Å². The van der Waals surface area contributed by atoms with Crippen molar-refractivity contribution in [1.82, 2.24) is 19.9 Å². The first-order valence-corrected chi connectivity index (χ1v) is 6.99. The maximum absolute atomic E-state index is 4.80. The number of fused-ring (bicyclic) bond motifs is 2.